The molecule has 1 atom stereocenters. The lowest BCUT2D eigenvalue weighted by Crippen LogP contribution is -2.53. The fraction of sp³-hybridized carbons (Fsp3) is 0.314. The third kappa shape index (κ3) is 4.33. The van der Waals surface area contributed by atoms with E-state index in [9.17, 15) is 4.79 Å². The summed E-state index contributed by atoms with van der Waals surface area (Å²) in [6, 6.07) is 23.4. The molecule has 1 aliphatic carbocycles. The van der Waals surface area contributed by atoms with E-state index in [1.54, 1.807) is 0 Å². The lowest BCUT2D eigenvalue weighted by molar-refractivity contribution is 0.000381. The van der Waals surface area contributed by atoms with Crippen molar-refractivity contribution in [2.45, 2.75) is 30.8 Å². The van der Waals surface area contributed by atoms with Gasteiger partial charge in [-0.15, -0.1) is 0 Å². The molecule has 8 heteroatoms. The van der Waals surface area contributed by atoms with Gasteiger partial charge in [0.05, 0.1) is 48.6 Å². The summed E-state index contributed by atoms with van der Waals surface area (Å²) >= 11 is 6.76. The highest BCUT2D eigenvalue weighted by Gasteiger charge is 2.45. The van der Waals surface area contributed by atoms with Crippen molar-refractivity contribution < 1.29 is 9.47 Å². The number of rotatable bonds is 3. The number of imidazole rings is 1. The lowest BCUT2D eigenvalue weighted by Gasteiger charge is -2.47. The van der Waals surface area contributed by atoms with Crippen LogP contribution in [0, 0.1) is 0 Å². The number of aromatic nitrogens is 3. The summed E-state index contributed by atoms with van der Waals surface area (Å²) in [5.41, 5.74) is 6.62. The van der Waals surface area contributed by atoms with Crippen molar-refractivity contribution in [3.8, 4) is 16.9 Å². The van der Waals surface area contributed by atoms with Crippen molar-refractivity contribution >= 4 is 22.5 Å². The van der Waals surface area contributed by atoms with Gasteiger partial charge in [0.25, 0.3) is 5.56 Å². The highest BCUT2D eigenvalue weighted by Crippen LogP contribution is 2.47. The smallest absolute Gasteiger partial charge is 0.251 e. The highest BCUT2D eigenvalue weighted by atomic mass is 35.5. The van der Waals surface area contributed by atoms with E-state index < -0.39 is 5.54 Å². The maximum Gasteiger partial charge on any atom is 0.251 e. The normalized spacial score (nSPS) is 20.6. The second kappa shape index (κ2) is 10.4. The zero-order valence-corrected chi connectivity index (χ0v) is 24.9. The van der Waals surface area contributed by atoms with E-state index in [1.165, 1.54) is 0 Å². The van der Waals surface area contributed by atoms with Crippen molar-refractivity contribution in [3.05, 3.63) is 117 Å². The van der Waals surface area contributed by atoms with E-state index in [1.807, 2.05) is 36.3 Å². The Morgan fingerprint density at radius 3 is 2.56 bits per heavy atom. The number of benzene rings is 3. The van der Waals surface area contributed by atoms with Crippen molar-refractivity contribution in [3.63, 3.8) is 0 Å². The SMILES string of the molecule is Cn1cncc1C1(N2CCOCC2)c2ccc(Cl)c(c2)OCCc2cccc(c2)-c2cc(=O)n(C3CC3)c3ccc1cc23. The van der Waals surface area contributed by atoms with Crippen LogP contribution in [0.1, 0.15) is 41.3 Å². The number of pyridine rings is 1. The fourth-order valence-electron chi connectivity index (χ4n) is 7.13. The van der Waals surface area contributed by atoms with Gasteiger partial charge in [0.15, 0.2) is 0 Å². The summed E-state index contributed by atoms with van der Waals surface area (Å²) in [4.78, 5) is 20.7. The monoisotopic (exact) mass is 592 g/mol. The predicted octanol–water partition coefficient (Wildman–Crippen LogP) is 5.95. The number of nitrogens with zero attached hydrogens (tertiary/aromatic N) is 4. The molecule has 1 saturated heterocycles. The summed E-state index contributed by atoms with van der Waals surface area (Å²) in [6.07, 6.45) is 6.61. The van der Waals surface area contributed by atoms with Gasteiger partial charge in [0.1, 0.15) is 11.3 Å². The highest BCUT2D eigenvalue weighted by molar-refractivity contribution is 6.32. The fourth-order valence-corrected chi connectivity index (χ4v) is 7.30. The van der Waals surface area contributed by atoms with Crippen LogP contribution in [0.5, 0.6) is 5.75 Å². The van der Waals surface area contributed by atoms with Gasteiger partial charge in [0, 0.05) is 44.1 Å². The van der Waals surface area contributed by atoms with Crippen LogP contribution in [0.3, 0.4) is 0 Å². The molecule has 5 aromatic rings. The molecule has 0 spiro atoms. The van der Waals surface area contributed by atoms with Crippen molar-refractivity contribution in [1.82, 2.24) is 19.0 Å². The quantitative estimate of drug-likeness (QED) is 0.259. The van der Waals surface area contributed by atoms with E-state index >= 15 is 0 Å². The summed E-state index contributed by atoms with van der Waals surface area (Å²) in [5, 5.41) is 1.66. The molecule has 3 aromatic carbocycles. The zero-order valence-electron chi connectivity index (χ0n) is 24.1. The van der Waals surface area contributed by atoms with E-state index in [2.05, 4.69) is 69.0 Å². The van der Waals surface area contributed by atoms with E-state index in [0.29, 0.717) is 37.0 Å². The van der Waals surface area contributed by atoms with Gasteiger partial charge < -0.3 is 18.6 Å². The Morgan fingerprint density at radius 2 is 1.77 bits per heavy atom. The van der Waals surface area contributed by atoms with Crippen LogP contribution in [-0.2, 0) is 23.7 Å². The van der Waals surface area contributed by atoms with Crippen LogP contribution in [0.4, 0.5) is 0 Å². The molecule has 3 aliphatic rings. The van der Waals surface area contributed by atoms with Crippen LogP contribution in [0.15, 0.2) is 84.0 Å². The first-order valence-corrected chi connectivity index (χ1v) is 15.4. The molecule has 218 valence electrons. The number of fused-ring (bicyclic) bond motifs is 6. The summed E-state index contributed by atoms with van der Waals surface area (Å²) in [5.74, 6) is 0.663. The second-order valence-electron chi connectivity index (χ2n) is 11.9. The van der Waals surface area contributed by atoms with Crippen molar-refractivity contribution in [2.75, 3.05) is 32.9 Å². The number of morpholine rings is 1. The molecule has 2 aliphatic heterocycles. The van der Waals surface area contributed by atoms with Gasteiger partial charge in [-0.2, -0.15) is 0 Å². The maximum absolute atomic E-state index is 13.6. The molecule has 4 heterocycles. The van der Waals surface area contributed by atoms with Crippen LogP contribution in [0.2, 0.25) is 5.02 Å². The molecule has 8 rings (SSSR count). The number of ether oxygens (including phenoxy) is 2. The van der Waals surface area contributed by atoms with Crippen LogP contribution in [-0.4, -0.2) is 51.9 Å². The minimum Gasteiger partial charge on any atom is -0.492 e. The first-order valence-electron chi connectivity index (χ1n) is 15.1. The van der Waals surface area contributed by atoms with E-state index in [0.717, 1.165) is 70.3 Å². The molecule has 43 heavy (non-hydrogen) atoms. The molecule has 0 N–H and O–H groups in total. The van der Waals surface area contributed by atoms with Gasteiger partial charge >= 0.3 is 0 Å². The number of hydrogen-bond donors (Lipinski definition) is 0. The molecule has 0 amide bonds. The average molecular weight is 593 g/mol. The van der Waals surface area contributed by atoms with Crippen molar-refractivity contribution in [1.29, 1.82) is 0 Å². The second-order valence-corrected chi connectivity index (χ2v) is 12.3. The zero-order chi connectivity index (χ0) is 29.1. The largest absolute Gasteiger partial charge is 0.492 e. The van der Waals surface area contributed by atoms with E-state index in [4.69, 9.17) is 21.1 Å². The summed E-state index contributed by atoms with van der Waals surface area (Å²) in [6.45, 7) is 3.21. The first kappa shape index (κ1) is 26.7. The molecule has 0 radical (unpaired) electrons. The molecule has 1 unspecified atom stereocenters. The Morgan fingerprint density at radius 1 is 0.953 bits per heavy atom. The maximum atomic E-state index is 13.6. The standard InChI is InChI=1S/C35H33ClN4O3/c1-38-22-37-21-33(38)35(39-12-15-42-16-13-39)25-6-10-31-29(18-25)28(20-34(41)40(31)27-7-8-27)24-4-2-3-23(17-24)11-14-43-32-19-26(35)5-9-30(32)36/h2-6,9-10,17-22,27H,7-8,11-16H2,1H3. The molecular weight excluding hydrogens is 560 g/mol. The van der Waals surface area contributed by atoms with Crippen molar-refractivity contribution in [2.24, 2.45) is 7.05 Å². The third-order valence-corrected chi connectivity index (χ3v) is 9.60. The molecule has 7 nitrogen and oxygen atoms in total. The molecule has 6 bridgehead atoms. The number of aryl methyl sites for hydroxylation is 1. The summed E-state index contributed by atoms with van der Waals surface area (Å²) in [7, 11) is 2.05. The average Bonchev–Trinajstić information content (AvgIpc) is 3.78. The number of hydrogen-bond acceptors (Lipinski definition) is 5. The minimum absolute atomic E-state index is 0.0565. The van der Waals surface area contributed by atoms with Crippen LogP contribution < -0.4 is 10.3 Å². The van der Waals surface area contributed by atoms with Gasteiger partial charge in [-0.05, 0) is 64.9 Å². The van der Waals surface area contributed by atoms with Gasteiger partial charge in [-0.3, -0.25) is 9.69 Å². The Labute approximate surface area is 255 Å². The lowest BCUT2D eigenvalue weighted by atomic mass is 9.77. The van der Waals surface area contributed by atoms with Crippen LogP contribution >= 0.6 is 11.6 Å². The van der Waals surface area contributed by atoms with Gasteiger partial charge in [-0.25, -0.2) is 4.98 Å². The van der Waals surface area contributed by atoms with Gasteiger partial charge in [0.2, 0.25) is 0 Å². The summed E-state index contributed by atoms with van der Waals surface area (Å²) < 4.78 is 16.3. The molecule has 2 aromatic heterocycles. The van der Waals surface area contributed by atoms with Gasteiger partial charge in [-0.1, -0.05) is 48.0 Å². The Hall–Kier alpha value is -3.91. The topological polar surface area (TPSA) is 61.5 Å². The Balaban J connectivity index is 1.52. The molecule has 1 saturated carbocycles. The predicted molar refractivity (Wildman–Crippen MR) is 168 cm³/mol. The molecular formula is C35H33ClN4O3. The number of halogens is 1. The molecule has 2 fully saturated rings. The Bertz CT molecular complexity index is 1920. The first-order chi connectivity index (χ1) is 21.0. The minimum atomic E-state index is -0.726. The van der Waals surface area contributed by atoms with E-state index in [-0.39, 0.29) is 11.6 Å². The third-order valence-electron chi connectivity index (χ3n) is 9.29. The Kier molecular flexibility index (Phi) is 6.44. The van der Waals surface area contributed by atoms with Crippen LogP contribution in [0.25, 0.3) is 22.0 Å².